The Morgan fingerprint density at radius 3 is 1.27 bits per heavy atom. The van der Waals surface area contributed by atoms with E-state index in [1.165, 1.54) is 60.9 Å². The summed E-state index contributed by atoms with van der Waals surface area (Å²) in [5.74, 6) is 0. The van der Waals surface area contributed by atoms with Gasteiger partial charge in [0.25, 0.3) is 6.71 Å². The summed E-state index contributed by atoms with van der Waals surface area (Å²) in [7, 11) is 0. The molecule has 0 radical (unpaired) electrons. The zero-order valence-corrected chi connectivity index (χ0v) is 32.2. The standard InChI is InChI=1S/C54H37BN4/c1-4-18-38(19-5-1)56(41-32-34-42(35-33-41)57-48-28-14-10-24-44(48)45-25-11-15-29-49(45)57)43-36-52-54-53(37-43)59(40-22-8-3-9-23-40)51-31-17-13-27-47(51)55(54)46-26-12-16-30-50(46)58(52)39-20-6-2-7-21-39/h1-37H. The minimum Gasteiger partial charge on any atom is -0.311 e. The Bertz CT molecular complexity index is 3010. The smallest absolute Gasteiger partial charge is 0.252 e. The van der Waals surface area contributed by atoms with Gasteiger partial charge in [-0.3, -0.25) is 0 Å². The van der Waals surface area contributed by atoms with Crippen LogP contribution in [0.15, 0.2) is 224 Å². The van der Waals surface area contributed by atoms with Gasteiger partial charge in [-0.25, -0.2) is 0 Å². The largest absolute Gasteiger partial charge is 0.311 e. The molecule has 0 spiro atoms. The molecule has 9 aromatic carbocycles. The van der Waals surface area contributed by atoms with Gasteiger partial charge in [-0.2, -0.15) is 0 Å². The quantitative estimate of drug-likeness (QED) is 0.157. The lowest BCUT2D eigenvalue weighted by Gasteiger charge is -2.45. The van der Waals surface area contributed by atoms with Gasteiger partial charge in [0.2, 0.25) is 0 Å². The lowest BCUT2D eigenvalue weighted by molar-refractivity contribution is 1.17. The zero-order valence-electron chi connectivity index (χ0n) is 32.2. The zero-order chi connectivity index (χ0) is 38.9. The van der Waals surface area contributed by atoms with Crippen LogP contribution in [0.2, 0.25) is 0 Å². The van der Waals surface area contributed by atoms with Crippen molar-refractivity contribution >= 4 is 96.1 Å². The Hall–Kier alpha value is -7.76. The highest BCUT2D eigenvalue weighted by Crippen LogP contribution is 2.48. The monoisotopic (exact) mass is 752 g/mol. The van der Waals surface area contributed by atoms with Crippen LogP contribution >= 0.6 is 0 Å². The second kappa shape index (κ2) is 13.4. The highest BCUT2D eigenvalue weighted by atomic mass is 15.2. The predicted octanol–water partition coefficient (Wildman–Crippen LogP) is 12.3. The molecule has 0 N–H and O–H groups in total. The van der Waals surface area contributed by atoms with Gasteiger partial charge in [0.1, 0.15) is 0 Å². The van der Waals surface area contributed by atoms with Crippen molar-refractivity contribution in [2.45, 2.75) is 0 Å². The maximum atomic E-state index is 2.47. The normalized spacial score (nSPS) is 12.6. The summed E-state index contributed by atoms with van der Waals surface area (Å²) in [5, 5.41) is 2.52. The maximum absolute atomic E-state index is 2.47. The molecule has 0 fully saturated rings. The first-order valence-electron chi connectivity index (χ1n) is 20.3. The molecule has 2 aliphatic rings. The molecule has 0 atom stereocenters. The first-order valence-corrected chi connectivity index (χ1v) is 20.3. The fraction of sp³-hybridized carbons (Fsp3) is 0. The van der Waals surface area contributed by atoms with Crippen molar-refractivity contribution < 1.29 is 0 Å². The molecule has 0 unspecified atom stereocenters. The molecule has 4 nitrogen and oxygen atoms in total. The number of hydrogen-bond donors (Lipinski definition) is 0. The van der Waals surface area contributed by atoms with Gasteiger partial charge in [0.05, 0.1) is 16.7 Å². The van der Waals surface area contributed by atoms with Crippen LogP contribution in [0, 0.1) is 0 Å². The molecule has 10 aromatic rings. The molecule has 0 saturated carbocycles. The van der Waals surface area contributed by atoms with Gasteiger partial charge in [-0.05, 0) is 113 Å². The van der Waals surface area contributed by atoms with Crippen LogP contribution in [-0.4, -0.2) is 11.3 Å². The number of rotatable bonds is 6. The maximum Gasteiger partial charge on any atom is 0.252 e. The van der Waals surface area contributed by atoms with Crippen LogP contribution in [0.5, 0.6) is 0 Å². The van der Waals surface area contributed by atoms with Crippen LogP contribution in [0.4, 0.5) is 51.2 Å². The number of aromatic nitrogens is 1. The lowest BCUT2D eigenvalue weighted by Crippen LogP contribution is -2.61. The molecule has 0 saturated heterocycles. The number of fused-ring (bicyclic) bond motifs is 7. The average Bonchev–Trinajstić information content (AvgIpc) is 3.64. The molecule has 12 rings (SSSR count). The molecule has 59 heavy (non-hydrogen) atoms. The third kappa shape index (κ3) is 5.18. The molecule has 3 heterocycles. The van der Waals surface area contributed by atoms with E-state index in [1.54, 1.807) is 0 Å². The van der Waals surface area contributed by atoms with Gasteiger partial charge >= 0.3 is 0 Å². The molecule has 276 valence electrons. The van der Waals surface area contributed by atoms with Crippen molar-refractivity contribution in [3.05, 3.63) is 224 Å². The Morgan fingerprint density at radius 1 is 0.322 bits per heavy atom. The van der Waals surface area contributed by atoms with Gasteiger partial charge < -0.3 is 19.3 Å². The summed E-state index contributed by atoms with van der Waals surface area (Å²) in [4.78, 5) is 7.36. The summed E-state index contributed by atoms with van der Waals surface area (Å²) >= 11 is 0. The van der Waals surface area contributed by atoms with Crippen molar-refractivity contribution in [3.8, 4) is 5.69 Å². The Kier molecular flexibility index (Phi) is 7.60. The highest BCUT2D eigenvalue weighted by Gasteiger charge is 2.43. The van der Waals surface area contributed by atoms with Crippen molar-refractivity contribution in [2.24, 2.45) is 0 Å². The third-order valence-electron chi connectivity index (χ3n) is 12.1. The van der Waals surface area contributed by atoms with E-state index in [1.807, 2.05) is 0 Å². The van der Waals surface area contributed by atoms with E-state index in [2.05, 4.69) is 244 Å². The number of hydrogen-bond acceptors (Lipinski definition) is 3. The molecule has 0 bridgehead atoms. The fourth-order valence-electron chi connectivity index (χ4n) is 9.70. The number of anilines is 9. The highest BCUT2D eigenvalue weighted by molar-refractivity contribution is 7.00. The van der Waals surface area contributed by atoms with Crippen molar-refractivity contribution in [1.29, 1.82) is 0 Å². The second-order valence-electron chi connectivity index (χ2n) is 15.3. The molecule has 1 aromatic heterocycles. The van der Waals surface area contributed by atoms with E-state index in [4.69, 9.17) is 0 Å². The van der Waals surface area contributed by atoms with Crippen LogP contribution in [0.3, 0.4) is 0 Å². The SMILES string of the molecule is c1ccc(N(c2ccc(-n3c4ccccc4c4ccccc43)cc2)c2cc3c4c(c2)N(c2ccccc2)c2ccccc2B4c2ccccc2N3c2ccccc2)cc1. The predicted molar refractivity (Wildman–Crippen MR) is 249 cm³/mol. The molecule has 5 heteroatoms. The van der Waals surface area contributed by atoms with Gasteiger partial charge in [0, 0.05) is 62.0 Å². The van der Waals surface area contributed by atoms with E-state index in [9.17, 15) is 0 Å². The van der Waals surface area contributed by atoms with Gasteiger partial charge in [-0.1, -0.05) is 127 Å². The molecule has 2 aliphatic heterocycles. The van der Waals surface area contributed by atoms with E-state index in [-0.39, 0.29) is 6.71 Å². The second-order valence-corrected chi connectivity index (χ2v) is 15.3. The van der Waals surface area contributed by atoms with E-state index in [0.717, 1.165) is 34.1 Å². The van der Waals surface area contributed by atoms with Crippen LogP contribution in [0.25, 0.3) is 27.5 Å². The molecule has 0 aliphatic carbocycles. The van der Waals surface area contributed by atoms with Crippen LogP contribution in [0.1, 0.15) is 0 Å². The number of nitrogens with zero attached hydrogens (tertiary/aromatic N) is 4. The van der Waals surface area contributed by atoms with Gasteiger partial charge in [0.15, 0.2) is 0 Å². The number of para-hydroxylation sites is 7. The lowest BCUT2D eigenvalue weighted by atomic mass is 9.33. The van der Waals surface area contributed by atoms with Crippen LogP contribution < -0.4 is 31.1 Å². The Labute approximate surface area is 344 Å². The van der Waals surface area contributed by atoms with Crippen molar-refractivity contribution in [3.63, 3.8) is 0 Å². The van der Waals surface area contributed by atoms with Gasteiger partial charge in [-0.15, -0.1) is 0 Å². The topological polar surface area (TPSA) is 14.7 Å². The average molecular weight is 753 g/mol. The van der Waals surface area contributed by atoms with E-state index < -0.39 is 0 Å². The van der Waals surface area contributed by atoms with Crippen LogP contribution in [-0.2, 0) is 0 Å². The minimum atomic E-state index is 0.0528. The summed E-state index contributed by atoms with van der Waals surface area (Å²) < 4.78 is 2.38. The molecular weight excluding hydrogens is 715 g/mol. The Balaban J connectivity index is 1.12. The first kappa shape index (κ1) is 33.4. The third-order valence-corrected chi connectivity index (χ3v) is 12.1. The summed E-state index contributed by atoms with van der Waals surface area (Å²) in [6, 6.07) is 81.7. The van der Waals surface area contributed by atoms with Crippen molar-refractivity contribution in [1.82, 2.24) is 4.57 Å². The summed E-state index contributed by atoms with van der Waals surface area (Å²) in [5.41, 5.74) is 17.7. The number of benzene rings is 9. The molecule has 0 amide bonds. The first-order chi connectivity index (χ1) is 29.3. The fourth-order valence-corrected chi connectivity index (χ4v) is 9.70. The summed E-state index contributed by atoms with van der Waals surface area (Å²) in [6.07, 6.45) is 0. The van der Waals surface area contributed by atoms with E-state index in [0.29, 0.717) is 0 Å². The van der Waals surface area contributed by atoms with E-state index >= 15 is 0 Å². The Morgan fingerprint density at radius 2 is 0.746 bits per heavy atom. The summed E-state index contributed by atoms with van der Waals surface area (Å²) in [6.45, 7) is 0.0528. The minimum absolute atomic E-state index is 0.0528. The molecular formula is C54H37BN4. The van der Waals surface area contributed by atoms with Crippen molar-refractivity contribution in [2.75, 3.05) is 14.7 Å².